The molecule has 1 aliphatic heterocycles. The van der Waals surface area contributed by atoms with Crippen LogP contribution in [0.4, 0.5) is 0 Å². The Hall–Kier alpha value is -1.79. The van der Waals surface area contributed by atoms with E-state index in [0.717, 1.165) is 30.8 Å². The van der Waals surface area contributed by atoms with Crippen molar-refractivity contribution in [3.05, 3.63) is 34.9 Å². The monoisotopic (exact) mass is 257 g/mol. The summed E-state index contributed by atoms with van der Waals surface area (Å²) in [7, 11) is 0. The standard InChI is InChI=1S/C16H19NO2/c1-4-13-6-7-14(8-12(13)3)15(18)17-9-16(5-2)10-19-11-16/h1,6-8H,5,9-11H2,2-3H3,(H,17,18). The maximum absolute atomic E-state index is 12.1. The third kappa shape index (κ3) is 2.80. The van der Waals surface area contributed by atoms with Crippen LogP contribution in [0, 0.1) is 24.7 Å². The first-order valence-corrected chi connectivity index (χ1v) is 6.53. The lowest BCUT2D eigenvalue weighted by Gasteiger charge is -2.40. The van der Waals surface area contributed by atoms with Crippen LogP contribution >= 0.6 is 0 Å². The summed E-state index contributed by atoms with van der Waals surface area (Å²) in [5, 5.41) is 2.99. The molecular weight excluding hydrogens is 238 g/mol. The van der Waals surface area contributed by atoms with E-state index in [1.165, 1.54) is 0 Å². The predicted molar refractivity (Wildman–Crippen MR) is 75.0 cm³/mol. The van der Waals surface area contributed by atoms with E-state index < -0.39 is 0 Å². The Morgan fingerprint density at radius 3 is 2.74 bits per heavy atom. The lowest BCUT2D eigenvalue weighted by Crippen LogP contribution is -2.50. The molecule has 1 aromatic rings. The molecule has 1 aromatic carbocycles. The molecule has 0 aromatic heterocycles. The smallest absolute Gasteiger partial charge is 0.251 e. The van der Waals surface area contributed by atoms with E-state index in [0.29, 0.717) is 12.1 Å². The van der Waals surface area contributed by atoms with Crippen LogP contribution in [0.5, 0.6) is 0 Å². The quantitative estimate of drug-likeness (QED) is 0.839. The highest BCUT2D eigenvalue weighted by Crippen LogP contribution is 2.30. The fourth-order valence-corrected chi connectivity index (χ4v) is 2.16. The van der Waals surface area contributed by atoms with E-state index in [2.05, 4.69) is 18.2 Å². The van der Waals surface area contributed by atoms with Gasteiger partial charge in [0.25, 0.3) is 5.91 Å². The summed E-state index contributed by atoms with van der Waals surface area (Å²) >= 11 is 0. The van der Waals surface area contributed by atoms with Crippen LogP contribution < -0.4 is 5.32 Å². The SMILES string of the molecule is C#Cc1ccc(C(=O)NCC2(CC)COC2)cc1C. The van der Waals surface area contributed by atoms with E-state index in [1.54, 1.807) is 6.07 Å². The van der Waals surface area contributed by atoms with Crippen LogP contribution in [0.25, 0.3) is 0 Å². The number of rotatable bonds is 4. The molecule has 1 fully saturated rings. The lowest BCUT2D eigenvalue weighted by molar-refractivity contribution is -0.111. The van der Waals surface area contributed by atoms with Crippen molar-refractivity contribution in [1.82, 2.24) is 5.32 Å². The topological polar surface area (TPSA) is 38.3 Å². The molecule has 100 valence electrons. The first-order chi connectivity index (χ1) is 9.10. The molecule has 0 saturated carbocycles. The molecule has 3 heteroatoms. The lowest BCUT2D eigenvalue weighted by atomic mass is 9.83. The fraction of sp³-hybridized carbons (Fsp3) is 0.438. The largest absolute Gasteiger partial charge is 0.380 e. The second-order valence-corrected chi connectivity index (χ2v) is 5.20. The first-order valence-electron chi connectivity index (χ1n) is 6.53. The second-order valence-electron chi connectivity index (χ2n) is 5.20. The van der Waals surface area contributed by atoms with Gasteiger partial charge in [0.2, 0.25) is 0 Å². The van der Waals surface area contributed by atoms with Gasteiger partial charge < -0.3 is 10.1 Å². The number of nitrogens with one attached hydrogen (secondary N) is 1. The molecule has 3 nitrogen and oxygen atoms in total. The number of carbonyl (C=O) groups excluding carboxylic acids is 1. The molecule has 19 heavy (non-hydrogen) atoms. The van der Waals surface area contributed by atoms with Crippen LogP contribution in [-0.4, -0.2) is 25.7 Å². The van der Waals surface area contributed by atoms with E-state index in [9.17, 15) is 4.79 Å². The first kappa shape index (κ1) is 13.6. The number of hydrogen-bond donors (Lipinski definition) is 1. The van der Waals surface area contributed by atoms with Crippen molar-refractivity contribution >= 4 is 5.91 Å². The number of aryl methyl sites for hydroxylation is 1. The molecule has 2 rings (SSSR count). The number of amides is 1. The highest BCUT2D eigenvalue weighted by molar-refractivity contribution is 5.94. The van der Waals surface area contributed by atoms with Gasteiger partial charge in [-0.3, -0.25) is 4.79 Å². The minimum absolute atomic E-state index is 0.0496. The van der Waals surface area contributed by atoms with Crippen LogP contribution in [0.1, 0.15) is 34.8 Å². The van der Waals surface area contributed by atoms with Crippen molar-refractivity contribution in [1.29, 1.82) is 0 Å². The molecule has 1 heterocycles. The van der Waals surface area contributed by atoms with E-state index in [1.807, 2.05) is 19.1 Å². The minimum atomic E-state index is -0.0496. The molecule has 0 aliphatic carbocycles. The Bertz CT molecular complexity index is 519. The van der Waals surface area contributed by atoms with Gasteiger partial charge in [-0.1, -0.05) is 12.8 Å². The normalized spacial score (nSPS) is 16.3. The van der Waals surface area contributed by atoms with Gasteiger partial charge in [-0.15, -0.1) is 6.42 Å². The van der Waals surface area contributed by atoms with E-state index >= 15 is 0 Å². The summed E-state index contributed by atoms with van der Waals surface area (Å²) in [6, 6.07) is 5.42. The Balaban J connectivity index is 2.00. The van der Waals surface area contributed by atoms with E-state index in [-0.39, 0.29) is 11.3 Å². The molecule has 0 unspecified atom stereocenters. The summed E-state index contributed by atoms with van der Waals surface area (Å²) in [6.07, 6.45) is 6.39. The van der Waals surface area contributed by atoms with Gasteiger partial charge in [0.1, 0.15) is 0 Å². The fourth-order valence-electron chi connectivity index (χ4n) is 2.16. The number of terminal acetylenes is 1. The van der Waals surface area contributed by atoms with E-state index in [4.69, 9.17) is 11.2 Å². The molecule has 0 spiro atoms. The Morgan fingerprint density at radius 2 is 2.26 bits per heavy atom. The van der Waals surface area contributed by atoms with Gasteiger partial charge in [-0.05, 0) is 37.1 Å². The minimum Gasteiger partial charge on any atom is -0.380 e. The molecular formula is C16H19NO2. The Morgan fingerprint density at radius 1 is 1.53 bits per heavy atom. The molecule has 1 amide bonds. The van der Waals surface area contributed by atoms with Crippen molar-refractivity contribution in [2.75, 3.05) is 19.8 Å². The summed E-state index contributed by atoms with van der Waals surface area (Å²) < 4.78 is 5.24. The van der Waals surface area contributed by atoms with Gasteiger partial charge >= 0.3 is 0 Å². The maximum Gasteiger partial charge on any atom is 0.251 e. The van der Waals surface area contributed by atoms with Crippen LogP contribution in [-0.2, 0) is 4.74 Å². The zero-order valence-electron chi connectivity index (χ0n) is 11.5. The maximum atomic E-state index is 12.1. The number of benzene rings is 1. The van der Waals surface area contributed by atoms with Gasteiger partial charge in [-0.25, -0.2) is 0 Å². The zero-order valence-corrected chi connectivity index (χ0v) is 11.5. The number of ether oxygens (including phenoxy) is 1. The predicted octanol–water partition coefficient (Wildman–Crippen LogP) is 2.13. The molecule has 1 N–H and O–H groups in total. The summed E-state index contributed by atoms with van der Waals surface area (Å²) in [5.41, 5.74) is 2.56. The summed E-state index contributed by atoms with van der Waals surface area (Å²) in [6.45, 7) is 6.18. The van der Waals surface area contributed by atoms with Crippen molar-refractivity contribution in [3.63, 3.8) is 0 Å². The summed E-state index contributed by atoms with van der Waals surface area (Å²) in [4.78, 5) is 12.1. The van der Waals surface area contributed by atoms with Gasteiger partial charge in [-0.2, -0.15) is 0 Å². The molecule has 1 saturated heterocycles. The van der Waals surface area contributed by atoms with Crippen LogP contribution in [0.2, 0.25) is 0 Å². The van der Waals surface area contributed by atoms with Crippen molar-refractivity contribution in [2.24, 2.45) is 5.41 Å². The van der Waals surface area contributed by atoms with Crippen molar-refractivity contribution < 1.29 is 9.53 Å². The zero-order chi connectivity index (χ0) is 13.9. The van der Waals surface area contributed by atoms with Gasteiger partial charge in [0, 0.05) is 23.1 Å². The molecule has 0 atom stereocenters. The average molecular weight is 257 g/mol. The van der Waals surface area contributed by atoms with Crippen molar-refractivity contribution in [2.45, 2.75) is 20.3 Å². The Kier molecular flexibility index (Phi) is 3.92. The van der Waals surface area contributed by atoms with Crippen LogP contribution in [0.15, 0.2) is 18.2 Å². The molecule has 0 radical (unpaired) electrons. The van der Waals surface area contributed by atoms with Gasteiger partial charge in [0.05, 0.1) is 13.2 Å². The third-order valence-corrected chi connectivity index (χ3v) is 3.83. The van der Waals surface area contributed by atoms with Crippen LogP contribution in [0.3, 0.4) is 0 Å². The van der Waals surface area contributed by atoms with Crippen molar-refractivity contribution in [3.8, 4) is 12.3 Å². The number of carbonyl (C=O) groups is 1. The molecule has 0 bridgehead atoms. The average Bonchev–Trinajstić information content (AvgIpc) is 2.37. The second kappa shape index (κ2) is 5.46. The Labute approximate surface area is 114 Å². The highest BCUT2D eigenvalue weighted by atomic mass is 16.5. The third-order valence-electron chi connectivity index (χ3n) is 3.83. The summed E-state index contributed by atoms with van der Waals surface area (Å²) in [5.74, 6) is 2.55. The molecule has 1 aliphatic rings. The van der Waals surface area contributed by atoms with Gasteiger partial charge in [0.15, 0.2) is 0 Å². The highest BCUT2D eigenvalue weighted by Gasteiger charge is 2.36. The number of hydrogen-bond acceptors (Lipinski definition) is 2.